The molecule has 1 aromatic rings. The molecule has 0 unspecified atom stereocenters. The third-order valence-corrected chi connectivity index (χ3v) is 1.54. The molecule has 0 radical (unpaired) electrons. The van der Waals surface area contributed by atoms with Gasteiger partial charge >= 0.3 is 0 Å². The number of carbonyl (C=O) groups is 1. The molecule has 1 atom stereocenters. The van der Waals surface area contributed by atoms with Crippen LogP contribution >= 0.6 is 0 Å². The Morgan fingerprint density at radius 1 is 1.85 bits per heavy atom. The molecule has 1 amide bonds. The van der Waals surface area contributed by atoms with E-state index < -0.39 is 6.04 Å². The molecule has 0 fully saturated rings. The quantitative estimate of drug-likeness (QED) is 0.547. The lowest BCUT2D eigenvalue weighted by atomic mass is 10.3. The lowest BCUT2D eigenvalue weighted by Crippen LogP contribution is -2.39. The molecule has 1 aromatic heterocycles. The Hall–Kier alpha value is -1.43. The van der Waals surface area contributed by atoms with Crippen molar-refractivity contribution in [3.63, 3.8) is 0 Å². The van der Waals surface area contributed by atoms with Crippen LogP contribution in [0.3, 0.4) is 0 Å². The molecule has 0 spiro atoms. The van der Waals surface area contributed by atoms with Gasteiger partial charge in [-0.05, 0) is 6.92 Å². The van der Waals surface area contributed by atoms with Crippen molar-refractivity contribution < 1.29 is 4.79 Å². The first kappa shape index (κ1) is 9.66. The van der Waals surface area contributed by atoms with Crippen molar-refractivity contribution in [3.05, 3.63) is 12.2 Å². The van der Waals surface area contributed by atoms with E-state index in [-0.39, 0.29) is 5.91 Å². The monoisotopic (exact) mass is 183 g/mol. The molecular formula is C7H13N5O. The summed E-state index contributed by atoms with van der Waals surface area (Å²) in [5.41, 5.74) is 5.35. The average Bonchev–Trinajstić information content (AvgIpc) is 2.56. The van der Waals surface area contributed by atoms with Crippen molar-refractivity contribution >= 4 is 5.91 Å². The van der Waals surface area contributed by atoms with E-state index in [1.807, 2.05) is 0 Å². The van der Waals surface area contributed by atoms with E-state index in [1.54, 1.807) is 6.92 Å². The van der Waals surface area contributed by atoms with Crippen LogP contribution in [-0.4, -0.2) is 33.7 Å². The van der Waals surface area contributed by atoms with Gasteiger partial charge in [0.25, 0.3) is 0 Å². The van der Waals surface area contributed by atoms with Crippen LogP contribution in [0.5, 0.6) is 0 Å². The Kier molecular flexibility index (Phi) is 3.39. The van der Waals surface area contributed by atoms with Crippen molar-refractivity contribution in [2.45, 2.75) is 19.4 Å². The number of H-pyrrole nitrogens is 1. The van der Waals surface area contributed by atoms with E-state index in [0.29, 0.717) is 13.0 Å². The number of carbonyl (C=O) groups excluding carboxylic acids is 1. The molecule has 72 valence electrons. The predicted molar refractivity (Wildman–Crippen MR) is 46.7 cm³/mol. The number of rotatable bonds is 4. The van der Waals surface area contributed by atoms with Crippen LogP contribution in [0.1, 0.15) is 12.7 Å². The summed E-state index contributed by atoms with van der Waals surface area (Å²) in [6, 6.07) is -0.463. The molecule has 0 saturated carbocycles. The predicted octanol–water partition coefficient (Wildman–Crippen LogP) is -1.19. The largest absolute Gasteiger partial charge is 0.354 e. The normalized spacial score (nSPS) is 12.5. The van der Waals surface area contributed by atoms with E-state index in [9.17, 15) is 4.79 Å². The van der Waals surface area contributed by atoms with Crippen LogP contribution in [0.25, 0.3) is 0 Å². The number of aromatic amines is 1. The maximum Gasteiger partial charge on any atom is 0.236 e. The van der Waals surface area contributed by atoms with Gasteiger partial charge in [0, 0.05) is 13.0 Å². The Morgan fingerprint density at radius 2 is 2.62 bits per heavy atom. The van der Waals surface area contributed by atoms with Crippen molar-refractivity contribution in [1.82, 2.24) is 20.5 Å². The molecule has 4 N–H and O–H groups in total. The minimum atomic E-state index is -0.463. The average molecular weight is 183 g/mol. The molecule has 0 saturated heterocycles. The van der Waals surface area contributed by atoms with Gasteiger partial charge in [-0.1, -0.05) is 0 Å². The van der Waals surface area contributed by atoms with Crippen molar-refractivity contribution in [3.8, 4) is 0 Å². The van der Waals surface area contributed by atoms with Crippen LogP contribution in [0.2, 0.25) is 0 Å². The highest BCUT2D eigenvalue weighted by atomic mass is 16.2. The molecule has 0 aliphatic rings. The van der Waals surface area contributed by atoms with Gasteiger partial charge in [-0.3, -0.25) is 9.89 Å². The number of hydrogen-bond donors (Lipinski definition) is 3. The first-order valence-electron chi connectivity index (χ1n) is 4.07. The van der Waals surface area contributed by atoms with E-state index in [4.69, 9.17) is 5.73 Å². The van der Waals surface area contributed by atoms with Gasteiger partial charge in [0.1, 0.15) is 12.2 Å². The molecule has 6 nitrogen and oxygen atoms in total. The number of nitrogens with two attached hydrogens (primary N) is 1. The van der Waals surface area contributed by atoms with Crippen LogP contribution in [-0.2, 0) is 11.2 Å². The third kappa shape index (κ3) is 3.20. The first-order valence-corrected chi connectivity index (χ1v) is 4.07. The topological polar surface area (TPSA) is 96.7 Å². The zero-order valence-electron chi connectivity index (χ0n) is 7.45. The number of hydrogen-bond acceptors (Lipinski definition) is 4. The van der Waals surface area contributed by atoms with Gasteiger partial charge in [-0.2, -0.15) is 5.10 Å². The van der Waals surface area contributed by atoms with Crippen molar-refractivity contribution in [1.29, 1.82) is 0 Å². The van der Waals surface area contributed by atoms with Gasteiger partial charge < -0.3 is 11.1 Å². The second-order valence-electron chi connectivity index (χ2n) is 2.76. The van der Waals surface area contributed by atoms with Crippen LogP contribution in [0.15, 0.2) is 6.33 Å². The minimum Gasteiger partial charge on any atom is -0.354 e. The van der Waals surface area contributed by atoms with Gasteiger partial charge in [-0.15, -0.1) is 0 Å². The first-order chi connectivity index (χ1) is 6.20. The fourth-order valence-electron chi connectivity index (χ4n) is 0.816. The SMILES string of the molecule is C[C@H](N)C(=O)NCCc1ncn[nH]1. The standard InChI is InChI=1S/C7H13N5O/c1-5(8)7(13)9-3-2-6-10-4-11-12-6/h4-5H,2-3,8H2,1H3,(H,9,13)(H,10,11,12)/t5-/m0/s1. The summed E-state index contributed by atoms with van der Waals surface area (Å²) in [6.45, 7) is 2.17. The van der Waals surface area contributed by atoms with Crippen LogP contribution < -0.4 is 11.1 Å². The van der Waals surface area contributed by atoms with E-state index in [1.165, 1.54) is 6.33 Å². The Balaban J connectivity index is 2.18. The molecule has 6 heteroatoms. The summed E-state index contributed by atoms with van der Waals surface area (Å²) in [4.78, 5) is 14.9. The van der Waals surface area contributed by atoms with Gasteiger partial charge in [0.05, 0.1) is 6.04 Å². The molecule has 0 aliphatic carbocycles. The fourth-order valence-corrected chi connectivity index (χ4v) is 0.816. The Bertz CT molecular complexity index is 256. The minimum absolute atomic E-state index is 0.153. The summed E-state index contributed by atoms with van der Waals surface area (Å²) in [5.74, 6) is 0.601. The summed E-state index contributed by atoms with van der Waals surface area (Å²) < 4.78 is 0. The Labute approximate surface area is 75.9 Å². The Morgan fingerprint density at radius 3 is 3.15 bits per heavy atom. The second kappa shape index (κ2) is 4.56. The fraction of sp³-hybridized carbons (Fsp3) is 0.571. The summed E-state index contributed by atoms with van der Waals surface area (Å²) in [5, 5.41) is 9.05. The van der Waals surface area contributed by atoms with Gasteiger partial charge in [0.2, 0.25) is 5.91 Å². The maximum atomic E-state index is 11.0. The van der Waals surface area contributed by atoms with Crippen LogP contribution in [0, 0.1) is 0 Å². The van der Waals surface area contributed by atoms with E-state index in [2.05, 4.69) is 20.5 Å². The number of nitrogens with one attached hydrogen (secondary N) is 2. The van der Waals surface area contributed by atoms with Crippen molar-refractivity contribution in [2.75, 3.05) is 6.54 Å². The third-order valence-electron chi connectivity index (χ3n) is 1.54. The van der Waals surface area contributed by atoms with Crippen LogP contribution in [0.4, 0.5) is 0 Å². The summed E-state index contributed by atoms with van der Waals surface area (Å²) >= 11 is 0. The maximum absolute atomic E-state index is 11.0. The number of nitrogens with zero attached hydrogens (tertiary/aromatic N) is 2. The molecule has 0 bridgehead atoms. The highest BCUT2D eigenvalue weighted by Gasteiger charge is 2.05. The van der Waals surface area contributed by atoms with E-state index in [0.717, 1.165) is 5.82 Å². The lowest BCUT2D eigenvalue weighted by Gasteiger charge is -2.05. The van der Waals surface area contributed by atoms with Gasteiger partial charge in [-0.25, -0.2) is 4.98 Å². The second-order valence-corrected chi connectivity index (χ2v) is 2.76. The smallest absolute Gasteiger partial charge is 0.236 e. The highest BCUT2D eigenvalue weighted by molar-refractivity contribution is 5.80. The highest BCUT2D eigenvalue weighted by Crippen LogP contribution is 1.85. The zero-order valence-corrected chi connectivity index (χ0v) is 7.45. The summed E-state index contributed by atoms with van der Waals surface area (Å²) in [7, 11) is 0. The number of amides is 1. The van der Waals surface area contributed by atoms with Gasteiger partial charge in [0.15, 0.2) is 0 Å². The number of aromatic nitrogens is 3. The molecule has 1 heterocycles. The lowest BCUT2D eigenvalue weighted by molar-refractivity contribution is -0.121. The molecule has 0 aliphatic heterocycles. The zero-order chi connectivity index (χ0) is 9.68. The molecule has 13 heavy (non-hydrogen) atoms. The molecular weight excluding hydrogens is 170 g/mol. The van der Waals surface area contributed by atoms with Crippen molar-refractivity contribution in [2.24, 2.45) is 5.73 Å². The molecule has 0 aromatic carbocycles. The van der Waals surface area contributed by atoms with E-state index >= 15 is 0 Å². The summed E-state index contributed by atoms with van der Waals surface area (Å²) in [6.07, 6.45) is 2.07. The molecule has 1 rings (SSSR count).